The Morgan fingerprint density at radius 2 is 2.20 bits per heavy atom. The first kappa shape index (κ1) is 10.7. The maximum atomic E-state index is 11.5. The smallest absolute Gasteiger partial charge is 0.318 e. The molecule has 0 aliphatic carbocycles. The monoisotopic (exact) mass is 232 g/mol. The number of hydrogen-bond acceptors (Lipinski definition) is 3. The average molecular weight is 232 g/mol. The van der Waals surface area contributed by atoms with Gasteiger partial charge >= 0.3 is 6.03 Å². The lowest BCUT2D eigenvalue weighted by Crippen LogP contribution is -2.37. The first-order valence-electron chi connectivity index (χ1n) is 5.31. The largest absolute Gasteiger partial charge is 0.332 e. The standard InChI is InChI=1S/C9H16N2O3S/c1-2-3-4-11-8-6-15(13,14)5-7(8)10-9(11)12/h7-8H,2-6H2,1H3,(H,10,12)/t7-,8-/m1/s1. The Hall–Kier alpha value is -0.780. The quantitative estimate of drug-likeness (QED) is 0.695. The number of rotatable bonds is 3. The molecule has 0 unspecified atom stereocenters. The molecule has 2 saturated heterocycles. The Morgan fingerprint density at radius 3 is 2.87 bits per heavy atom. The molecule has 0 aromatic carbocycles. The number of carbonyl (C=O) groups is 1. The average Bonchev–Trinajstić information content (AvgIpc) is 2.54. The summed E-state index contributed by atoms with van der Waals surface area (Å²) < 4.78 is 22.8. The second-order valence-corrected chi connectivity index (χ2v) is 6.40. The van der Waals surface area contributed by atoms with Gasteiger partial charge in [-0.25, -0.2) is 13.2 Å². The van der Waals surface area contributed by atoms with E-state index in [1.807, 2.05) is 0 Å². The van der Waals surface area contributed by atoms with E-state index in [-0.39, 0.29) is 29.6 Å². The predicted octanol–water partition coefficient (Wildman–Crippen LogP) is -0.0227. The van der Waals surface area contributed by atoms with Crippen LogP contribution in [-0.2, 0) is 9.84 Å². The molecule has 2 atom stereocenters. The zero-order valence-electron chi connectivity index (χ0n) is 8.77. The van der Waals surface area contributed by atoms with Crippen LogP contribution in [0.2, 0.25) is 0 Å². The van der Waals surface area contributed by atoms with Gasteiger partial charge in [0.25, 0.3) is 0 Å². The van der Waals surface area contributed by atoms with Crippen LogP contribution in [0, 0.1) is 0 Å². The van der Waals surface area contributed by atoms with Crippen molar-refractivity contribution in [3.05, 3.63) is 0 Å². The number of hydrogen-bond donors (Lipinski definition) is 1. The Kier molecular flexibility index (Phi) is 2.62. The van der Waals surface area contributed by atoms with Crippen LogP contribution in [0.1, 0.15) is 19.8 Å². The number of nitrogens with zero attached hydrogens (tertiary/aromatic N) is 1. The second-order valence-electron chi connectivity index (χ2n) is 4.25. The van der Waals surface area contributed by atoms with Gasteiger partial charge in [-0.2, -0.15) is 0 Å². The Morgan fingerprint density at radius 1 is 1.47 bits per heavy atom. The van der Waals surface area contributed by atoms with Crippen LogP contribution in [0.4, 0.5) is 4.79 Å². The van der Waals surface area contributed by atoms with Gasteiger partial charge in [-0.05, 0) is 6.42 Å². The number of nitrogens with one attached hydrogen (secondary N) is 1. The van der Waals surface area contributed by atoms with E-state index in [0.29, 0.717) is 6.54 Å². The van der Waals surface area contributed by atoms with Crippen molar-refractivity contribution in [2.75, 3.05) is 18.1 Å². The van der Waals surface area contributed by atoms with Crippen molar-refractivity contribution in [3.8, 4) is 0 Å². The van der Waals surface area contributed by atoms with Crippen LogP contribution in [0.25, 0.3) is 0 Å². The first-order chi connectivity index (χ1) is 7.03. The molecular weight excluding hydrogens is 216 g/mol. The van der Waals surface area contributed by atoms with Crippen LogP contribution < -0.4 is 5.32 Å². The number of unbranched alkanes of at least 4 members (excludes halogenated alkanes) is 1. The SMILES string of the molecule is CCCCN1C(=O)N[C@@H]2CS(=O)(=O)C[C@H]21. The van der Waals surface area contributed by atoms with Crippen molar-refractivity contribution >= 4 is 15.9 Å². The molecule has 0 bridgehead atoms. The lowest BCUT2D eigenvalue weighted by molar-refractivity contribution is 0.206. The van der Waals surface area contributed by atoms with E-state index < -0.39 is 9.84 Å². The van der Waals surface area contributed by atoms with Gasteiger partial charge in [-0.1, -0.05) is 13.3 Å². The molecule has 2 heterocycles. The van der Waals surface area contributed by atoms with Crippen molar-refractivity contribution in [2.45, 2.75) is 31.8 Å². The molecule has 2 aliphatic rings. The first-order valence-corrected chi connectivity index (χ1v) is 7.13. The maximum Gasteiger partial charge on any atom is 0.318 e. The molecule has 0 saturated carbocycles. The molecule has 0 aromatic heterocycles. The van der Waals surface area contributed by atoms with Gasteiger partial charge in [-0.3, -0.25) is 0 Å². The molecule has 15 heavy (non-hydrogen) atoms. The highest BCUT2D eigenvalue weighted by Gasteiger charge is 2.48. The van der Waals surface area contributed by atoms with Gasteiger partial charge < -0.3 is 10.2 Å². The molecule has 86 valence electrons. The Labute approximate surface area is 89.7 Å². The van der Waals surface area contributed by atoms with Gasteiger partial charge in [0.15, 0.2) is 9.84 Å². The number of fused-ring (bicyclic) bond motifs is 1. The summed E-state index contributed by atoms with van der Waals surface area (Å²) >= 11 is 0. The van der Waals surface area contributed by atoms with Gasteiger partial charge in [-0.15, -0.1) is 0 Å². The van der Waals surface area contributed by atoms with Crippen LogP contribution >= 0.6 is 0 Å². The van der Waals surface area contributed by atoms with E-state index in [2.05, 4.69) is 12.2 Å². The number of carbonyl (C=O) groups excluding carboxylic acids is 1. The third-order valence-electron chi connectivity index (χ3n) is 3.05. The van der Waals surface area contributed by atoms with Crippen LogP contribution in [0.3, 0.4) is 0 Å². The lowest BCUT2D eigenvalue weighted by Gasteiger charge is -2.20. The molecule has 2 fully saturated rings. The van der Waals surface area contributed by atoms with Crippen molar-refractivity contribution < 1.29 is 13.2 Å². The number of urea groups is 1. The third kappa shape index (κ3) is 1.95. The molecule has 0 radical (unpaired) electrons. The summed E-state index contributed by atoms with van der Waals surface area (Å²) in [6.45, 7) is 2.72. The topological polar surface area (TPSA) is 66.5 Å². The summed E-state index contributed by atoms with van der Waals surface area (Å²) in [7, 11) is -2.94. The van der Waals surface area contributed by atoms with E-state index in [9.17, 15) is 13.2 Å². The number of amides is 2. The lowest BCUT2D eigenvalue weighted by atomic mass is 10.2. The van der Waals surface area contributed by atoms with E-state index >= 15 is 0 Å². The molecule has 2 amide bonds. The third-order valence-corrected chi connectivity index (χ3v) is 4.76. The summed E-state index contributed by atoms with van der Waals surface area (Å²) in [5.41, 5.74) is 0. The zero-order chi connectivity index (χ0) is 11.1. The van der Waals surface area contributed by atoms with Crippen LogP contribution in [-0.4, -0.2) is 49.5 Å². The molecule has 5 nitrogen and oxygen atoms in total. The molecular formula is C9H16N2O3S. The van der Waals surface area contributed by atoms with Gasteiger partial charge in [0.05, 0.1) is 23.6 Å². The Bertz CT molecular complexity index is 366. The molecule has 2 aliphatic heterocycles. The highest BCUT2D eigenvalue weighted by molar-refractivity contribution is 7.91. The maximum absolute atomic E-state index is 11.5. The van der Waals surface area contributed by atoms with Crippen molar-refractivity contribution in [1.82, 2.24) is 10.2 Å². The minimum Gasteiger partial charge on any atom is -0.332 e. The fourth-order valence-electron chi connectivity index (χ4n) is 2.26. The molecule has 0 spiro atoms. The summed E-state index contributed by atoms with van der Waals surface area (Å²) in [4.78, 5) is 13.2. The molecule has 6 heteroatoms. The molecule has 2 rings (SSSR count). The normalized spacial score (nSPS) is 32.9. The van der Waals surface area contributed by atoms with E-state index in [4.69, 9.17) is 0 Å². The van der Waals surface area contributed by atoms with E-state index in [1.54, 1.807) is 4.90 Å². The van der Waals surface area contributed by atoms with Crippen LogP contribution in [0.15, 0.2) is 0 Å². The van der Waals surface area contributed by atoms with E-state index in [0.717, 1.165) is 12.8 Å². The molecule has 0 aromatic rings. The zero-order valence-corrected chi connectivity index (χ0v) is 9.59. The summed E-state index contributed by atoms with van der Waals surface area (Å²) in [6, 6.07) is -0.415. The van der Waals surface area contributed by atoms with Crippen molar-refractivity contribution in [3.63, 3.8) is 0 Å². The van der Waals surface area contributed by atoms with E-state index in [1.165, 1.54) is 0 Å². The summed E-state index contributed by atoms with van der Waals surface area (Å²) in [5.74, 6) is 0.228. The second kappa shape index (κ2) is 3.66. The Balaban J connectivity index is 2.09. The minimum absolute atomic E-state index is 0.103. The highest BCUT2D eigenvalue weighted by Crippen LogP contribution is 2.24. The predicted molar refractivity (Wildman–Crippen MR) is 56.4 cm³/mol. The van der Waals surface area contributed by atoms with Gasteiger partial charge in [0.1, 0.15) is 0 Å². The molecule has 1 N–H and O–H groups in total. The fourth-order valence-corrected chi connectivity index (χ4v) is 4.18. The highest BCUT2D eigenvalue weighted by atomic mass is 32.2. The summed E-state index contributed by atoms with van der Waals surface area (Å²) in [6.07, 6.45) is 1.94. The van der Waals surface area contributed by atoms with Crippen LogP contribution in [0.5, 0.6) is 0 Å². The van der Waals surface area contributed by atoms with Gasteiger partial charge in [0, 0.05) is 6.54 Å². The van der Waals surface area contributed by atoms with Gasteiger partial charge in [0.2, 0.25) is 0 Å². The van der Waals surface area contributed by atoms with Crippen molar-refractivity contribution in [2.24, 2.45) is 0 Å². The van der Waals surface area contributed by atoms with Crippen molar-refractivity contribution in [1.29, 1.82) is 0 Å². The minimum atomic E-state index is -2.94. The fraction of sp³-hybridized carbons (Fsp3) is 0.889. The number of sulfone groups is 1. The summed E-state index contributed by atoms with van der Waals surface area (Å²) in [5, 5.41) is 2.74.